The summed E-state index contributed by atoms with van der Waals surface area (Å²) in [7, 11) is -2.02. The molecule has 1 unspecified atom stereocenters. The highest BCUT2D eigenvalue weighted by molar-refractivity contribution is 8.31. The van der Waals surface area contributed by atoms with Crippen LogP contribution in [-0.4, -0.2) is 29.6 Å². The van der Waals surface area contributed by atoms with Crippen molar-refractivity contribution in [2.75, 3.05) is 17.7 Å². The lowest BCUT2D eigenvalue weighted by Gasteiger charge is -2.31. The third kappa shape index (κ3) is 5.43. The van der Waals surface area contributed by atoms with Crippen LogP contribution in [0.5, 0.6) is 0 Å². The van der Waals surface area contributed by atoms with E-state index in [0.29, 0.717) is 64.7 Å². The number of fused-ring (bicyclic) bond motifs is 2. The van der Waals surface area contributed by atoms with Gasteiger partial charge >= 0.3 is 0 Å². The minimum atomic E-state index is -2.02. The van der Waals surface area contributed by atoms with Gasteiger partial charge in [0.2, 0.25) is 0 Å². The Morgan fingerprint density at radius 1 is 1.00 bits per heavy atom. The Labute approximate surface area is 255 Å². The molecule has 3 N–H and O–H groups in total. The van der Waals surface area contributed by atoms with Gasteiger partial charge in [-0.1, -0.05) is 38.1 Å². The average Bonchev–Trinajstić information content (AvgIpc) is 3.47. The first kappa shape index (κ1) is 29.7. The molecule has 10 heteroatoms. The molecule has 6 rings (SSSR count). The van der Waals surface area contributed by atoms with E-state index < -0.39 is 27.8 Å². The van der Waals surface area contributed by atoms with Crippen LogP contribution < -0.4 is 15.4 Å². The van der Waals surface area contributed by atoms with Crippen LogP contribution in [0.1, 0.15) is 56.9 Å². The lowest BCUT2D eigenvalue weighted by Crippen LogP contribution is -2.21. The van der Waals surface area contributed by atoms with Gasteiger partial charge in [-0.05, 0) is 83.7 Å². The quantitative estimate of drug-likeness (QED) is 0.231. The van der Waals surface area contributed by atoms with E-state index in [0.717, 1.165) is 22.9 Å². The van der Waals surface area contributed by atoms with E-state index in [9.17, 15) is 22.8 Å². The van der Waals surface area contributed by atoms with Crippen LogP contribution in [-0.2, 0) is 25.1 Å². The highest BCUT2D eigenvalue weighted by atomic mass is 32.3. The number of anilines is 1. The van der Waals surface area contributed by atoms with Crippen molar-refractivity contribution in [3.05, 3.63) is 112 Å². The highest BCUT2D eigenvalue weighted by Crippen LogP contribution is 2.58. The molecule has 0 bridgehead atoms. The smallest absolute Gasteiger partial charge is 0.263 e. The van der Waals surface area contributed by atoms with E-state index in [1.165, 1.54) is 18.2 Å². The van der Waals surface area contributed by atoms with Crippen LogP contribution in [0.25, 0.3) is 11.1 Å². The number of carbonyl (C=O) groups excluding carboxylic acids is 2. The number of aromatic nitrogens is 1. The first-order valence-electron chi connectivity index (χ1n) is 14.4. The summed E-state index contributed by atoms with van der Waals surface area (Å²) in [6.45, 7) is 5.15. The maximum absolute atomic E-state index is 13.9. The van der Waals surface area contributed by atoms with Crippen molar-refractivity contribution in [3.8, 4) is 11.1 Å². The van der Waals surface area contributed by atoms with Crippen molar-refractivity contribution in [2.24, 2.45) is 11.7 Å². The number of nitrogens with one attached hydrogen (secondary N) is 1. The van der Waals surface area contributed by atoms with Gasteiger partial charge in [0.1, 0.15) is 10.8 Å². The number of pyridine rings is 1. The van der Waals surface area contributed by atoms with Gasteiger partial charge in [0.25, 0.3) is 11.8 Å². The Hall–Kier alpha value is -4.31. The third-order valence-corrected chi connectivity index (χ3v) is 10.8. The van der Waals surface area contributed by atoms with Gasteiger partial charge in [-0.2, -0.15) is 0 Å². The molecule has 228 valence electrons. The SMILES string of the molecule is CC(C)Cc1nc2c(c(-c3ccc4c(c3)CCN4Cc3ccc(F)c(F)c3)c1C(N)=O)C(=O)NS2(C)Cc1ccc(F)cc1. The maximum Gasteiger partial charge on any atom is 0.263 e. The molecule has 0 aliphatic carbocycles. The summed E-state index contributed by atoms with van der Waals surface area (Å²) in [5, 5.41) is 0.614. The Morgan fingerprint density at radius 2 is 1.73 bits per heavy atom. The molecule has 2 aliphatic rings. The number of halogens is 3. The highest BCUT2D eigenvalue weighted by Gasteiger charge is 2.41. The molecule has 3 aromatic carbocycles. The van der Waals surface area contributed by atoms with Crippen LogP contribution in [0.4, 0.5) is 18.9 Å². The Balaban J connectivity index is 1.46. The van der Waals surface area contributed by atoms with Crippen LogP contribution in [0.2, 0.25) is 0 Å². The van der Waals surface area contributed by atoms with Crippen molar-refractivity contribution >= 4 is 27.7 Å². The maximum atomic E-state index is 13.9. The number of carbonyl (C=O) groups is 2. The van der Waals surface area contributed by atoms with Crippen LogP contribution in [0.15, 0.2) is 65.7 Å². The second-order valence-corrected chi connectivity index (χ2v) is 15.1. The van der Waals surface area contributed by atoms with E-state index in [1.807, 2.05) is 38.3 Å². The molecule has 2 amide bonds. The van der Waals surface area contributed by atoms with Crippen molar-refractivity contribution in [2.45, 2.75) is 44.0 Å². The molecule has 2 aliphatic heterocycles. The number of nitrogens with two attached hydrogens (primary N) is 1. The van der Waals surface area contributed by atoms with Gasteiger partial charge in [0.15, 0.2) is 11.6 Å². The molecule has 1 aromatic heterocycles. The zero-order chi connectivity index (χ0) is 31.3. The molecule has 0 radical (unpaired) electrons. The zero-order valence-corrected chi connectivity index (χ0v) is 25.5. The lowest BCUT2D eigenvalue weighted by atomic mass is 9.90. The molecular weight excluding hydrogens is 585 g/mol. The summed E-state index contributed by atoms with van der Waals surface area (Å²) in [5.41, 5.74) is 11.8. The number of benzene rings is 3. The number of hydrogen-bond acceptors (Lipinski definition) is 4. The topological polar surface area (TPSA) is 88.3 Å². The Bertz CT molecular complexity index is 1810. The molecule has 6 nitrogen and oxygen atoms in total. The molecule has 0 saturated heterocycles. The van der Waals surface area contributed by atoms with Crippen molar-refractivity contribution in [1.29, 1.82) is 0 Å². The van der Waals surface area contributed by atoms with Crippen molar-refractivity contribution in [1.82, 2.24) is 9.71 Å². The van der Waals surface area contributed by atoms with Crippen LogP contribution >= 0.6 is 10.2 Å². The molecule has 4 aromatic rings. The molecule has 1 atom stereocenters. The van der Waals surface area contributed by atoms with Gasteiger partial charge in [0.05, 0.1) is 16.8 Å². The number of amides is 2. The van der Waals surface area contributed by atoms with Gasteiger partial charge in [-0.25, -0.2) is 18.2 Å². The van der Waals surface area contributed by atoms with E-state index in [1.54, 1.807) is 18.2 Å². The fraction of sp³-hybridized carbons (Fsp3) is 0.265. The summed E-state index contributed by atoms with van der Waals surface area (Å²) >= 11 is 0. The number of primary amides is 1. The first-order chi connectivity index (χ1) is 20.9. The summed E-state index contributed by atoms with van der Waals surface area (Å²) < 4.78 is 44.1. The second kappa shape index (κ2) is 11.3. The molecular formula is C34H33F3N4O2S. The monoisotopic (exact) mass is 618 g/mol. The largest absolute Gasteiger partial charge is 0.367 e. The lowest BCUT2D eigenvalue weighted by molar-refractivity contribution is 0.0986. The van der Waals surface area contributed by atoms with E-state index in [-0.39, 0.29) is 23.2 Å². The summed E-state index contributed by atoms with van der Waals surface area (Å²) in [4.78, 5) is 33.9. The predicted molar refractivity (Wildman–Crippen MR) is 167 cm³/mol. The Morgan fingerprint density at radius 3 is 2.41 bits per heavy atom. The van der Waals surface area contributed by atoms with Gasteiger partial charge in [0, 0.05) is 30.1 Å². The van der Waals surface area contributed by atoms with E-state index in [2.05, 4.69) is 9.62 Å². The molecule has 0 saturated carbocycles. The standard InChI is InChI=1S/C34H33F3N4O2S/c1-19(2)14-27-30(32(38)42)29(31-33(43)40-44(3,34(31)39-27)18-20-4-8-24(35)9-5-20)23-7-11-28-22(16-23)12-13-41(28)17-21-6-10-25(36)26(37)15-21/h4-11,15-16,19H,12-14,17-18H2,1-3H3,(H2,38,42)(H,40,43). The minimum Gasteiger partial charge on any atom is -0.367 e. The van der Waals surface area contributed by atoms with E-state index >= 15 is 0 Å². The van der Waals surface area contributed by atoms with Crippen molar-refractivity contribution < 1.29 is 22.8 Å². The zero-order valence-electron chi connectivity index (χ0n) is 24.7. The number of nitrogens with zero attached hydrogens (tertiary/aromatic N) is 2. The average molecular weight is 619 g/mol. The molecule has 0 fully saturated rings. The Kier molecular flexibility index (Phi) is 7.65. The van der Waals surface area contributed by atoms with Crippen LogP contribution in [0, 0.1) is 23.4 Å². The van der Waals surface area contributed by atoms with Crippen molar-refractivity contribution in [3.63, 3.8) is 0 Å². The fourth-order valence-electron chi connectivity index (χ4n) is 6.21. The predicted octanol–water partition coefficient (Wildman–Crippen LogP) is 6.68. The number of rotatable bonds is 8. The molecule has 0 spiro atoms. The first-order valence-corrected chi connectivity index (χ1v) is 16.7. The summed E-state index contributed by atoms with van der Waals surface area (Å²) in [6.07, 6.45) is 3.16. The number of hydrogen-bond donors (Lipinski definition) is 2. The third-order valence-electron chi connectivity index (χ3n) is 8.14. The minimum absolute atomic E-state index is 0.166. The second-order valence-electron chi connectivity index (χ2n) is 12.0. The van der Waals surface area contributed by atoms with Crippen LogP contribution in [0.3, 0.4) is 0 Å². The summed E-state index contributed by atoms with van der Waals surface area (Å²) in [6, 6.07) is 15.9. The van der Waals surface area contributed by atoms with Gasteiger partial charge < -0.3 is 15.4 Å². The molecule has 3 heterocycles. The summed E-state index contributed by atoms with van der Waals surface area (Å²) in [5.74, 6) is -2.45. The van der Waals surface area contributed by atoms with E-state index in [4.69, 9.17) is 10.7 Å². The fourth-order valence-corrected chi connectivity index (χ4v) is 8.84. The van der Waals surface area contributed by atoms with Gasteiger partial charge in [-0.3, -0.25) is 9.59 Å². The van der Waals surface area contributed by atoms with Gasteiger partial charge in [-0.15, -0.1) is 10.2 Å². The molecule has 44 heavy (non-hydrogen) atoms. The normalized spacial score (nSPS) is 18.6.